The Morgan fingerprint density at radius 2 is 1.76 bits per heavy atom. The molecule has 3 nitrogen and oxygen atoms in total. The minimum atomic E-state index is -3.50. The van der Waals surface area contributed by atoms with E-state index in [1.807, 2.05) is 31.2 Å². The second-order valence-electron chi connectivity index (χ2n) is 4.95. The molecule has 0 aliphatic rings. The summed E-state index contributed by atoms with van der Waals surface area (Å²) in [5, 5.41) is 0. The fraction of sp³-hybridized carbons (Fsp3) is 0.500. The Balaban J connectivity index is 2.58. The lowest BCUT2D eigenvalue weighted by Gasteiger charge is -2.22. The van der Waals surface area contributed by atoms with Crippen molar-refractivity contribution in [3.63, 3.8) is 0 Å². The van der Waals surface area contributed by atoms with Gasteiger partial charge in [0.25, 0.3) is 0 Å². The van der Waals surface area contributed by atoms with Gasteiger partial charge in [-0.2, -0.15) is 0 Å². The zero-order chi connectivity index (χ0) is 13.1. The summed E-state index contributed by atoms with van der Waals surface area (Å²) in [7, 11) is 1.74. The molecular weight excluding hydrogens is 260 g/mol. The molecule has 0 aromatic heterocycles. The molecule has 0 heterocycles. The predicted molar refractivity (Wildman–Crippen MR) is 70.1 cm³/mol. The highest BCUT2D eigenvalue weighted by Crippen LogP contribution is 2.22. The quantitative estimate of drug-likeness (QED) is 0.777. The molecule has 0 aliphatic carbocycles. The van der Waals surface area contributed by atoms with Gasteiger partial charge in [0.2, 0.25) is 9.05 Å². The van der Waals surface area contributed by atoms with Crippen LogP contribution < -0.4 is 4.74 Å². The fourth-order valence-corrected chi connectivity index (χ4v) is 3.32. The molecule has 17 heavy (non-hydrogen) atoms. The van der Waals surface area contributed by atoms with Crippen molar-refractivity contribution in [2.24, 2.45) is 5.41 Å². The van der Waals surface area contributed by atoms with Crippen molar-refractivity contribution in [3.05, 3.63) is 29.8 Å². The third-order valence-corrected chi connectivity index (χ3v) is 3.67. The highest BCUT2D eigenvalue weighted by molar-refractivity contribution is 8.13. The molecule has 0 atom stereocenters. The van der Waals surface area contributed by atoms with E-state index in [-0.39, 0.29) is 5.75 Å². The topological polar surface area (TPSA) is 43.4 Å². The van der Waals surface area contributed by atoms with Gasteiger partial charge < -0.3 is 4.74 Å². The molecule has 1 aromatic carbocycles. The lowest BCUT2D eigenvalue weighted by Crippen LogP contribution is -2.28. The molecule has 96 valence electrons. The molecule has 0 spiro atoms. The molecule has 5 heteroatoms. The Morgan fingerprint density at radius 3 is 2.24 bits per heavy atom. The molecule has 0 saturated heterocycles. The smallest absolute Gasteiger partial charge is 0.233 e. The van der Waals surface area contributed by atoms with Crippen LogP contribution in [0.2, 0.25) is 0 Å². The molecule has 0 aliphatic heterocycles. The molecule has 0 unspecified atom stereocenters. The van der Waals surface area contributed by atoms with Gasteiger partial charge in [-0.25, -0.2) is 8.42 Å². The molecule has 1 rings (SSSR count). The maximum absolute atomic E-state index is 11.0. The van der Waals surface area contributed by atoms with Gasteiger partial charge >= 0.3 is 0 Å². The van der Waals surface area contributed by atoms with E-state index in [9.17, 15) is 8.42 Å². The Labute approximate surface area is 107 Å². The summed E-state index contributed by atoms with van der Waals surface area (Å²) < 4.78 is 27.6. The first-order valence-electron chi connectivity index (χ1n) is 5.30. The molecular formula is C12H17ClO3S. The molecule has 0 bridgehead atoms. The summed E-state index contributed by atoms with van der Waals surface area (Å²) in [5.41, 5.74) is 0.644. The van der Waals surface area contributed by atoms with Crippen molar-refractivity contribution in [2.45, 2.75) is 20.8 Å². The number of hydrogen-bond acceptors (Lipinski definition) is 3. The van der Waals surface area contributed by atoms with Crippen LogP contribution in [0.25, 0.3) is 0 Å². The Hall–Kier alpha value is -0.740. The van der Waals surface area contributed by atoms with E-state index < -0.39 is 14.5 Å². The number of rotatable bonds is 5. The lowest BCUT2D eigenvalue weighted by molar-refractivity contribution is 0.200. The second kappa shape index (κ2) is 5.27. The minimum absolute atomic E-state index is 0.104. The number of benzene rings is 1. The van der Waals surface area contributed by atoms with Gasteiger partial charge in [0.15, 0.2) is 0 Å². The van der Waals surface area contributed by atoms with Crippen molar-refractivity contribution in [2.75, 3.05) is 12.4 Å². The number of aryl methyl sites for hydroxylation is 1. The summed E-state index contributed by atoms with van der Waals surface area (Å²) in [4.78, 5) is 0. The van der Waals surface area contributed by atoms with Crippen LogP contribution in [0.5, 0.6) is 5.75 Å². The summed E-state index contributed by atoms with van der Waals surface area (Å²) in [6, 6.07) is 7.61. The predicted octanol–water partition coefficient (Wildman–Crippen LogP) is 2.97. The summed E-state index contributed by atoms with van der Waals surface area (Å²) >= 11 is 0. The van der Waals surface area contributed by atoms with E-state index in [0.717, 1.165) is 11.3 Å². The van der Waals surface area contributed by atoms with Crippen LogP contribution in [0.4, 0.5) is 0 Å². The summed E-state index contributed by atoms with van der Waals surface area (Å²) in [6.45, 7) is 5.91. The summed E-state index contributed by atoms with van der Waals surface area (Å²) in [5.74, 6) is 0.628. The van der Waals surface area contributed by atoms with E-state index in [4.69, 9.17) is 15.4 Å². The highest BCUT2D eigenvalue weighted by Gasteiger charge is 2.25. The van der Waals surface area contributed by atoms with Crippen molar-refractivity contribution < 1.29 is 13.2 Å². The third kappa shape index (κ3) is 5.94. The van der Waals surface area contributed by atoms with Crippen molar-refractivity contribution in [3.8, 4) is 5.75 Å². The van der Waals surface area contributed by atoms with E-state index in [0.29, 0.717) is 6.61 Å². The monoisotopic (exact) mass is 276 g/mol. The van der Waals surface area contributed by atoms with Gasteiger partial charge in [-0.1, -0.05) is 31.5 Å². The van der Waals surface area contributed by atoms with Gasteiger partial charge in [-0.15, -0.1) is 0 Å². The molecule has 0 radical (unpaired) electrons. The zero-order valence-corrected chi connectivity index (χ0v) is 11.8. The van der Waals surface area contributed by atoms with Crippen LogP contribution in [0.3, 0.4) is 0 Å². The van der Waals surface area contributed by atoms with E-state index in [1.54, 1.807) is 13.8 Å². The normalized spacial score (nSPS) is 12.5. The SMILES string of the molecule is Cc1ccc(OCC(C)(C)CS(=O)(=O)Cl)cc1. The second-order valence-corrected chi connectivity index (χ2v) is 7.73. The Morgan fingerprint density at radius 1 is 1.24 bits per heavy atom. The van der Waals surface area contributed by atoms with Crippen LogP contribution in [0, 0.1) is 12.3 Å². The maximum Gasteiger partial charge on any atom is 0.233 e. The van der Waals surface area contributed by atoms with Crippen LogP contribution in [0.15, 0.2) is 24.3 Å². The van der Waals surface area contributed by atoms with Gasteiger partial charge in [0.1, 0.15) is 5.75 Å². The fourth-order valence-electron chi connectivity index (χ4n) is 1.42. The molecule has 0 amide bonds. The molecule has 0 N–H and O–H groups in total. The molecule has 0 fully saturated rings. The lowest BCUT2D eigenvalue weighted by atomic mass is 9.98. The van der Waals surface area contributed by atoms with Gasteiger partial charge in [-0.05, 0) is 19.1 Å². The first-order valence-corrected chi connectivity index (χ1v) is 7.78. The Kier molecular flexibility index (Phi) is 4.44. The van der Waals surface area contributed by atoms with E-state index in [2.05, 4.69) is 0 Å². The minimum Gasteiger partial charge on any atom is -0.493 e. The van der Waals surface area contributed by atoms with Crippen LogP contribution >= 0.6 is 10.7 Å². The van der Waals surface area contributed by atoms with Crippen LogP contribution in [-0.4, -0.2) is 20.8 Å². The number of halogens is 1. The standard InChI is InChI=1S/C12H17ClO3S/c1-10-4-6-11(7-5-10)16-8-12(2,3)9-17(13,14)15/h4-7H,8-9H2,1-3H3. The average molecular weight is 277 g/mol. The van der Waals surface area contributed by atoms with Crippen molar-refractivity contribution >= 4 is 19.7 Å². The van der Waals surface area contributed by atoms with Gasteiger partial charge in [0.05, 0.1) is 12.4 Å². The number of hydrogen-bond donors (Lipinski definition) is 0. The zero-order valence-electron chi connectivity index (χ0n) is 10.2. The average Bonchev–Trinajstić information content (AvgIpc) is 2.13. The molecule has 1 aromatic rings. The van der Waals surface area contributed by atoms with Crippen molar-refractivity contribution in [1.82, 2.24) is 0 Å². The first-order chi connectivity index (χ1) is 7.68. The largest absolute Gasteiger partial charge is 0.493 e. The van der Waals surface area contributed by atoms with Crippen LogP contribution in [-0.2, 0) is 9.05 Å². The van der Waals surface area contributed by atoms with Gasteiger partial charge in [-0.3, -0.25) is 0 Å². The van der Waals surface area contributed by atoms with Gasteiger partial charge in [0, 0.05) is 16.1 Å². The highest BCUT2D eigenvalue weighted by atomic mass is 35.7. The number of ether oxygens (including phenoxy) is 1. The van der Waals surface area contributed by atoms with E-state index in [1.165, 1.54) is 0 Å². The first kappa shape index (κ1) is 14.3. The Bertz CT molecular complexity index is 463. The summed E-state index contributed by atoms with van der Waals surface area (Å²) in [6.07, 6.45) is 0. The van der Waals surface area contributed by atoms with Crippen molar-refractivity contribution in [1.29, 1.82) is 0 Å². The van der Waals surface area contributed by atoms with E-state index >= 15 is 0 Å². The maximum atomic E-state index is 11.0. The van der Waals surface area contributed by atoms with Crippen LogP contribution in [0.1, 0.15) is 19.4 Å². The molecule has 0 saturated carbocycles. The third-order valence-electron chi connectivity index (χ3n) is 2.21.